The highest BCUT2D eigenvalue weighted by molar-refractivity contribution is 5.98. The monoisotopic (exact) mass is 334 g/mol. The largest absolute Gasteiger partial charge is 0.490 e. The number of H-pyrrole nitrogens is 1. The minimum Gasteiger partial charge on any atom is -0.490 e. The van der Waals surface area contributed by atoms with Crippen LogP contribution in [0.1, 0.15) is 36.0 Å². The van der Waals surface area contributed by atoms with Crippen LogP contribution in [0.4, 0.5) is 0 Å². The highest BCUT2D eigenvalue weighted by Crippen LogP contribution is 2.24. The van der Waals surface area contributed by atoms with E-state index in [9.17, 15) is 4.79 Å². The molecule has 0 spiro atoms. The third-order valence-electron chi connectivity index (χ3n) is 4.87. The normalized spacial score (nSPS) is 20.3. The molecule has 1 amide bonds. The average molecular weight is 334 g/mol. The molecule has 1 aliphatic carbocycles. The second kappa shape index (κ2) is 7.01. The molecular weight excluding hydrogens is 312 g/mol. The van der Waals surface area contributed by atoms with Crippen LogP contribution in [0.15, 0.2) is 60.8 Å². The number of carbonyl (C=O) groups excluding carboxylic acids is 1. The molecule has 2 N–H and O–H groups in total. The van der Waals surface area contributed by atoms with Crippen LogP contribution in [0.5, 0.6) is 5.75 Å². The van der Waals surface area contributed by atoms with Gasteiger partial charge in [-0.05, 0) is 62.1 Å². The molecule has 0 aliphatic heterocycles. The van der Waals surface area contributed by atoms with Crippen molar-refractivity contribution in [2.75, 3.05) is 0 Å². The summed E-state index contributed by atoms with van der Waals surface area (Å²) in [6.45, 7) is 0. The molecule has 4 heteroatoms. The zero-order valence-electron chi connectivity index (χ0n) is 14.1. The summed E-state index contributed by atoms with van der Waals surface area (Å²) in [4.78, 5) is 15.6. The molecule has 1 aliphatic rings. The number of hydrogen-bond donors (Lipinski definition) is 2. The molecule has 4 nitrogen and oxygen atoms in total. The number of hydrogen-bond acceptors (Lipinski definition) is 2. The topological polar surface area (TPSA) is 54.1 Å². The van der Waals surface area contributed by atoms with Gasteiger partial charge in [-0.25, -0.2) is 0 Å². The molecule has 1 saturated carbocycles. The maximum absolute atomic E-state index is 12.5. The van der Waals surface area contributed by atoms with Crippen LogP contribution >= 0.6 is 0 Å². The van der Waals surface area contributed by atoms with Crippen molar-refractivity contribution in [2.45, 2.75) is 37.8 Å². The Bertz CT molecular complexity index is 848. The maximum atomic E-state index is 12.5. The van der Waals surface area contributed by atoms with Gasteiger partial charge < -0.3 is 15.0 Å². The third-order valence-corrected chi connectivity index (χ3v) is 4.87. The highest BCUT2D eigenvalue weighted by Gasteiger charge is 2.24. The lowest BCUT2D eigenvalue weighted by Gasteiger charge is -2.29. The summed E-state index contributed by atoms with van der Waals surface area (Å²) in [6.07, 6.45) is 5.98. The highest BCUT2D eigenvalue weighted by atomic mass is 16.5. The van der Waals surface area contributed by atoms with Crippen molar-refractivity contribution < 1.29 is 9.53 Å². The zero-order chi connectivity index (χ0) is 17.1. The van der Waals surface area contributed by atoms with Crippen molar-refractivity contribution in [3.63, 3.8) is 0 Å². The van der Waals surface area contributed by atoms with Crippen LogP contribution in [0.3, 0.4) is 0 Å². The Balaban J connectivity index is 1.31. The van der Waals surface area contributed by atoms with E-state index in [1.807, 2.05) is 60.8 Å². The average Bonchev–Trinajstić information content (AvgIpc) is 3.12. The van der Waals surface area contributed by atoms with Gasteiger partial charge in [0.2, 0.25) is 0 Å². The van der Waals surface area contributed by atoms with E-state index in [1.165, 1.54) is 0 Å². The van der Waals surface area contributed by atoms with Crippen LogP contribution in [0.2, 0.25) is 0 Å². The standard InChI is InChI=1S/C21H22N2O2/c24-21(16-6-11-20-15(14-16)12-13-22-20)23-17-7-9-19(10-8-17)25-18-4-2-1-3-5-18/h1-6,11-14,17,19,22H,7-10H2,(H,23,24). The summed E-state index contributed by atoms with van der Waals surface area (Å²) in [5.74, 6) is 0.935. The Hall–Kier alpha value is -2.75. The number of amides is 1. The molecule has 1 heterocycles. The van der Waals surface area contributed by atoms with Gasteiger partial charge in [-0.15, -0.1) is 0 Å². The van der Waals surface area contributed by atoms with Gasteiger partial charge in [-0.1, -0.05) is 18.2 Å². The molecule has 0 bridgehead atoms. The molecule has 0 atom stereocenters. The van der Waals surface area contributed by atoms with Crippen molar-refractivity contribution in [2.24, 2.45) is 0 Å². The second-order valence-corrected chi connectivity index (χ2v) is 6.66. The molecule has 128 valence electrons. The number of benzene rings is 2. The quantitative estimate of drug-likeness (QED) is 0.748. The van der Waals surface area contributed by atoms with E-state index in [4.69, 9.17) is 4.74 Å². The van der Waals surface area contributed by atoms with Crippen molar-refractivity contribution in [3.8, 4) is 5.75 Å². The lowest BCUT2D eigenvalue weighted by Crippen LogP contribution is -2.39. The number of aromatic nitrogens is 1. The number of nitrogens with one attached hydrogen (secondary N) is 2. The van der Waals surface area contributed by atoms with Gasteiger partial charge in [0.05, 0.1) is 6.10 Å². The second-order valence-electron chi connectivity index (χ2n) is 6.66. The van der Waals surface area contributed by atoms with Crippen LogP contribution in [-0.2, 0) is 0 Å². The lowest BCUT2D eigenvalue weighted by molar-refractivity contribution is 0.0894. The molecule has 0 saturated heterocycles. The Morgan fingerprint density at radius 2 is 1.80 bits per heavy atom. The van der Waals surface area contributed by atoms with Gasteiger partial charge in [0.25, 0.3) is 5.91 Å². The molecule has 0 radical (unpaired) electrons. The first-order valence-corrected chi connectivity index (χ1v) is 8.88. The molecule has 3 aromatic rings. The van der Waals surface area contributed by atoms with Gasteiger partial charge in [0, 0.05) is 28.7 Å². The number of carbonyl (C=O) groups is 1. The number of fused-ring (bicyclic) bond motifs is 1. The Labute approximate surface area is 147 Å². The predicted octanol–water partition coefficient (Wildman–Crippen LogP) is 4.29. The van der Waals surface area contributed by atoms with E-state index >= 15 is 0 Å². The van der Waals surface area contributed by atoms with Gasteiger partial charge >= 0.3 is 0 Å². The molecule has 2 aromatic carbocycles. The summed E-state index contributed by atoms with van der Waals surface area (Å²) in [5.41, 5.74) is 1.77. The summed E-state index contributed by atoms with van der Waals surface area (Å²) in [5, 5.41) is 4.23. The summed E-state index contributed by atoms with van der Waals surface area (Å²) >= 11 is 0. The Morgan fingerprint density at radius 1 is 1.00 bits per heavy atom. The molecule has 0 unspecified atom stereocenters. The molecule has 1 fully saturated rings. The number of aromatic amines is 1. The fourth-order valence-electron chi connectivity index (χ4n) is 3.48. The first-order chi connectivity index (χ1) is 12.3. The number of rotatable bonds is 4. The summed E-state index contributed by atoms with van der Waals surface area (Å²) < 4.78 is 6.02. The molecule has 25 heavy (non-hydrogen) atoms. The lowest BCUT2D eigenvalue weighted by atomic mass is 9.92. The number of para-hydroxylation sites is 1. The third kappa shape index (κ3) is 3.68. The SMILES string of the molecule is O=C(NC1CCC(Oc2ccccc2)CC1)c1ccc2[nH]ccc2c1. The van der Waals surface area contributed by atoms with Crippen molar-refractivity contribution in [1.82, 2.24) is 10.3 Å². The zero-order valence-corrected chi connectivity index (χ0v) is 14.1. The van der Waals surface area contributed by atoms with E-state index in [2.05, 4.69) is 10.3 Å². The summed E-state index contributed by atoms with van der Waals surface area (Å²) in [6, 6.07) is 17.9. The number of ether oxygens (including phenoxy) is 1. The van der Waals surface area contributed by atoms with Gasteiger partial charge in [-0.2, -0.15) is 0 Å². The van der Waals surface area contributed by atoms with E-state index in [0.29, 0.717) is 0 Å². The first kappa shape index (κ1) is 15.8. The molecular formula is C21H22N2O2. The van der Waals surface area contributed by atoms with Crippen LogP contribution in [0.25, 0.3) is 10.9 Å². The van der Waals surface area contributed by atoms with Crippen LogP contribution in [0, 0.1) is 0 Å². The van der Waals surface area contributed by atoms with E-state index in [1.54, 1.807) is 0 Å². The van der Waals surface area contributed by atoms with E-state index in [0.717, 1.165) is 47.9 Å². The van der Waals surface area contributed by atoms with Crippen molar-refractivity contribution >= 4 is 16.8 Å². The molecule has 1 aromatic heterocycles. The molecule has 4 rings (SSSR count). The fraction of sp³-hybridized carbons (Fsp3) is 0.286. The Morgan fingerprint density at radius 3 is 2.60 bits per heavy atom. The van der Waals surface area contributed by atoms with Gasteiger partial charge in [-0.3, -0.25) is 4.79 Å². The minimum atomic E-state index is 0.00975. The van der Waals surface area contributed by atoms with Gasteiger partial charge in [0.1, 0.15) is 5.75 Å². The van der Waals surface area contributed by atoms with E-state index in [-0.39, 0.29) is 18.1 Å². The first-order valence-electron chi connectivity index (χ1n) is 8.88. The predicted molar refractivity (Wildman–Crippen MR) is 98.9 cm³/mol. The van der Waals surface area contributed by atoms with Crippen LogP contribution < -0.4 is 10.1 Å². The Kier molecular flexibility index (Phi) is 4.42. The van der Waals surface area contributed by atoms with Gasteiger partial charge in [0.15, 0.2) is 0 Å². The van der Waals surface area contributed by atoms with Crippen LogP contribution in [-0.4, -0.2) is 23.0 Å². The van der Waals surface area contributed by atoms with Crippen molar-refractivity contribution in [3.05, 3.63) is 66.4 Å². The summed E-state index contributed by atoms with van der Waals surface area (Å²) in [7, 11) is 0. The minimum absolute atomic E-state index is 0.00975. The van der Waals surface area contributed by atoms with E-state index < -0.39 is 0 Å². The maximum Gasteiger partial charge on any atom is 0.251 e. The fourth-order valence-corrected chi connectivity index (χ4v) is 3.48. The smallest absolute Gasteiger partial charge is 0.251 e. The van der Waals surface area contributed by atoms with Crippen molar-refractivity contribution in [1.29, 1.82) is 0 Å².